The van der Waals surface area contributed by atoms with Crippen LogP contribution in [0.1, 0.15) is 57.8 Å². The number of ether oxygens (including phenoxy) is 1. The summed E-state index contributed by atoms with van der Waals surface area (Å²) in [6.45, 7) is 4.08. The molecule has 0 radical (unpaired) electrons. The molecule has 0 saturated carbocycles. The van der Waals surface area contributed by atoms with Crippen LogP contribution in [0.2, 0.25) is 0 Å². The minimum atomic E-state index is -0.371. The molecule has 5 rings (SSSR count). The SMILES string of the molecule is CC(C)n1ncc2cc(NC(=O)c3ccc4c(c3)C[C@H](c3ccccc3)OC4=O)cnc21. The van der Waals surface area contributed by atoms with E-state index >= 15 is 0 Å². The number of fused-ring (bicyclic) bond motifs is 2. The summed E-state index contributed by atoms with van der Waals surface area (Å²) in [5.74, 6) is -0.635. The van der Waals surface area contributed by atoms with E-state index in [1.54, 1.807) is 30.6 Å². The Hall–Kier alpha value is -4.00. The molecule has 1 N–H and O–H groups in total. The topological polar surface area (TPSA) is 86.1 Å². The lowest BCUT2D eigenvalue weighted by Gasteiger charge is -2.25. The molecule has 32 heavy (non-hydrogen) atoms. The number of pyridine rings is 1. The zero-order chi connectivity index (χ0) is 22.2. The molecule has 160 valence electrons. The summed E-state index contributed by atoms with van der Waals surface area (Å²) in [6, 6.07) is 16.7. The fourth-order valence-corrected chi connectivity index (χ4v) is 3.98. The van der Waals surface area contributed by atoms with Gasteiger partial charge >= 0.3 is 5.97 Å². The van der Waals surface area contributed by atoms with Crippen LogP contribution in [-0.4, -0.2) is 26.6 Å². The Bertz CT molecular complexity index is 1330. The minimum absolute atomic E-state index is 0.197. The molecule has 2 aromatic heterocycles. The normalized spacial score (nSPS) is 15.5. The average molecular weight is 426 g/mol. The zero-order valence-electron chi connectivity index (χ0n) is 17.8. The third kappa shape index (κ3) is 3.62. The van der Waals surface area contributed by atoms with E-state index in [0.29, 0.717) is 23.2 Å². The number of nitrogens with one attached hydrogen (secondary N) is 1. The summed E-state index contributed by atoms with van der Waals surface area (Å²) in [5.41, 5.74) is 4.07. The van der Waals surface area contributed by atoms with Crippen molar-refractivity contribution in [3.63, 3.8) is 0 Å². The first kappa shape index (κ1) is 19.9. The maximum absolute atomic E-state index is 12.9. The van der Waals surface area contributed by atoms with Crippen LogP contribution in [-0.2, 0) is 11.2 Å². The lowest BCUT2D eigenvalue weighted by atomic mass is 9.93. The molecule has 7 heteroatoms. The number of carbonyl (C=O) groups excluding carboxylic acids is 2. The van der Waals surface area contributed by atoms with E-state index in [0.717, 1.165) is 22.2 Å². The second kappa shape index (κ2) is 7.92. The number of hydrogen-bond acceptors (Lipinski definition) is 5. The van der Waals surface area contributed by atoms with E-state index in [4.69, 9.17) is 4.74 Å². The molecule has 3 heterocycles. The van der Waals surface area contributed by atoms with Gasteiger partial charge in [0.15, 0.2) is 5.65 Å². The zero-order valence-corrected chi connectivity index (χ0v) is 17.8. The molecule has 1 atom stereocenters. The van der Waals surface area contributed by atoms with Crippen molar-refractivity contribution in [3.05, 3.63) is 89.2 Å². The molecule has 0 spiro atoms. The molecule has 0 bridgehead atoms. The molecule has 0 fully saturated rings. The van der Waals surface area contributed by atoms with Gasteiger partial charge < -0.3 is 10.1 Å². The van der Waals surface area contributed by atoms with Gasteiger partial charge in [-0.2, -0.15) is 5.10 Å². The first-order chi connectivity index (χ1) is 15.5. The molecule has 1 amide bonds. The molecule has 0 aliphatic carbocycles. The van der Waals surface area contributed by atoms with Gasteiger partial charge in [0, 0.05) is 23.4 Å². The molecular formula is C25H22N4O3. The predicted octanol–water partition coefficient (Wildman–Crippen LogP) is 4.72. The number of esters is 1. The second-order valence-electron chi connectivity index (χ2n) is 8.15. The van der Waals surface area contributed by atoms with Crippen molar-refractivity contribution in [3.8, 4) is 0 Å². The van der Waals surface area contributed by atoms with Crippen molar-refractivity contribution in [2.45, 2.75) is 32.4 Å². The maximum Gasteiger partial charge on any atom is 0.339 e. The van der Waals surface area contributed by atoms with Crippen molar-refractivity contribution in [2.75, 3.05) is 5.32 Å². The first-order valence-electron chi connectivity index (χ1n) is 10.5. The third-order valence-electron chi connectivity index (χ3n) is 5.59. The van der Waals surface area contributed by atoms with Crippen molar-refractivity contribution < 1.29 is 14.3 Å². The summed E-state index contributed by atoms with van der Waals surface area (Å²) >= 11 is 0. The Balaban J connectivity index is 1.38. The average Bonchev–Trinajstić information content (AvgIpc) is 3.23. The number of carbonyl (C=O) groups is 2. The Morgan fingerprint density at radius 1 is 1.12 bits per heavy atom. The largest absolute Gasteiger partial charge is 0.454 e. The Kier molecular flexibility index (Phi) is 4.93. The molecule has 2 aromatic carbocycles. The van der Waals surface area contributed by atoms with Crippen LogP contribution >= 0.6 is 0 Å². The van der Waals surface area contributed by atoms with Gasteiger partial charge in [-0.15, -0.1) is 0 Å². The van der Waals surface area contributed by atoms with Crippen molar-refractivity contribution in [1.82, 2.24) is 14.8 Å². The Morgan fingerprint density at radius 2 is 1.94 bits per heavy atom. The van der Waals surface area contributed by atoms with Gasteiger partial charge in [0.2, 0.25) is 0 Å². The van der Waals surface area contributed by atoms with Crippen LogP contribution in [0.5, 0.6) is 0 Å². The first-order valence-corrected chi connectivity index (χ1v) is 10.5. The van der Waals surface area contributed by atoms with Crippen LogP contribution in [0, 0.1) is 0 Å². The van der Waals surface area contributed by atoms with Gasteiger partial charge in [0.1, 0.15) is 6.10 Å². The molecular weight excluding hydrogens is 404 g/mol. The van der Waals surface area contributed by atoms with Gasteiger partial charge in [0.25, 0.3) is 5.91 Å². The monoisotopic (exact) mass is 426 g/mol. The molecule has 1 aliphatic heterocycles. The number of benzene rings is 2. The van der Waals surface area contributed by atoms with Gasteiger partial charge in [-0.25, -0.2) is 14.5 Å². The lowest BCUT2D eigenvalue weighted by molar-refractivity contribution is 0.0252. The number of nitrogens with zero attached hydrogens (tertiary/aromatic N) is 3. The predicted molar refractivity (Wildman–Crippen MR) is 121 cm³/mol. The smallest absolute Gasteiger partial charge is 0.339 e. The summed E-state index contributed by atoms with van der Waals surface area (Å²) in [4.78, 5) is 29.8. The second-order valence-corrected chi connectivity index (χ2v) is 8.15. The van der Waals surface area contributed by atoms with Gasteiger partial charge in [-0.1, -0.05) is 30.3 Å². The van der Waals surface area contributed by atoms with Gasteiger partial charge in [-0.3, -0.25) is 4.79 Å². The highest BCUT2D eigenvalue weighted by Gasteiger charge is 2.28. The highest BCUT2D eigenvalue weighted by Crippen LogP contribution is 2.31. The number of hydrogen-bond donors (Lipinski definition) is 1. The quantitative estimate of drug-likeness (QED) is 0.477. The fraction of sp³-hybridized carbons (Fsp3) is 0.200. The van der Waals surface area contributed by atoms with E-state index in [-0.39, 0.29) is 24.0 Å². The molecule has 1 aliphatic rings. The van der Waals surface area contributed by atoms with Crippen molar-refractivity contribution in [1.29, 1.82) is 0 Å². The Morgan fingerprint density at radius 3 is 2.72 bits per heavy atom. The summed E-state index contributed by atoms with van der Waals surface area (Å²) in [7, 11) is 0. The molecule has 4 aromatic rings. The van der Waals surface area contributed by atoms with Crippen molar-refractivity contribution >= 4 is 28.6 Å². The number of anilines is 1. The highest BCUT2D eigenvalue weighted by atomic mass is 16.5. The summed E-state index contributed by atoms with van der Waals surface area (Å²) < 4.78 is 7.44. The minimum Gasteiger partial charge on any atom is -0.454 e. The molecule has 0 saturated heterocycles. The van der Waals surface area contributed by atoms with Crippen LogP contribution < -0.4 is 5.32 Å². The highest BCUT2D eigenvalue weighted by molar-refractivity contribution is 6.05. The summed E-state index contributed by atoms with van der Waals surface area (Å²) in [6.07, 6.45) is 3.53. The van der Waals surface area contributed by atoms with Gasteiger partial charge in [0.05, 0.1) is 23.6 Å². The maximum atomic E-state index is 12.9. The number of aromatic nitrogens is 3. The van der Waals surface area contributed by atoms with E-state index in [9.17, 15) is 9.59 Å². The standard InChI is InChI=1S/C25H22N4O3/c1-15(2)29-23-19(13-27-29)11-20(14-26-23)28-24(30)17-8-9-21-18(10-17)12-22(32-25(21)31)16-6-4-3-5-7-16/h3-11,13-15,22H,12H2,1-2H3,(H,28,30)/t22-/m1/s1. The molecule has 0 unspecified atom stereocenters. The van der Waals surface area contributed by atoms with Crippen LogP contribution in [0.3, 0.4) is 0 Å². The number of rotatable bonds is 4. The van der Waals surface area contributed by atoms with Crippen LogP contribution in [0.15, 0.2) is 67.0 Å². The van der Waals surface area contributed by atoms with Gasteiger partial charge in [-0.05, 0) is 49.2 Å². The van der Waals surface area contributed by atoms with Crippen molar-refractivity contribution in [2.24, 2.45) is 0 Å². The molecule has 7 nitrogen and oxygen atoms in total. The fourth-order valence-electron chi connectivity index (χ4n) is 3.98. The Labute approximate surface area is 185 Å². The van der Waals surface area contributed by atoms with E-state index in [2.05, 4.69) is 15.4 Å². The third-order valence-corrected chi connectivity index (χ3v) is 5.59. The van der Waals surface area contributed by atoms with E-state index in [1.165, 1.54) is 0 Å². The van der Waals surface area contributed by atoms with E-state index < -0.39 is 0 Å². The summed E-state index contributed by atoms with van der Waals surface area (Å²) in [5, 5.41) is 8.11. The number of cyclic esters (lactones) is 1. The van der Waals surface area contributed by atoms with Crippen LogP contribution in [0.25, 0.3) is 11.0 Å². The van der Waals surface area contributed by atoms with E-state index in [1.807, 2.05) is 54.9 Å². The van der Waals surface area contributed by atoms with Crippen LogP contribution in [0.4, 0.5) is 5.69 Å². The number of amides is 1. The lowest BCUT2D eigenvalue weighted by Crippen LogP contribution is -2.23.